The number of rotatable bonds is 4. The minimum Gasteiger partial charge on any atom is -0.335 e. The van der Waals surface area contributed by atoms with E-state index in [0.717, 1.165) is 32.4 Å². The zero-order valence-corrected chi connectivity index (χ0v) is 13.6. The first kappa shape index (κ1) is 18.2. The topological polar surface area (TPSA) is 32.3 Å². The first-order valence-electron chi connectivity index (χ1n) is 7.10. The standard InChI is InChI=1S/C15H20ClFN2O.ClH/c1-2-9-19(12-5-7-18-8-6-12)15(20)13-10-11(16)3-4-14(13)17;/h3-4,10,12,18H,2,5-9H2,1H3;1H. The van der Waals surface area contributed by atoms with Crippen LogP contribution in [0.25, 0.3) is 0 Å². The van der Waals surface area contributed by atoms with Gasteiger partial charge in [-0.25, -0.2) is 4.39 Å². The van der Waals surface area contributed by atoms with Crippen LogP contribution < -0.4 is 5.32 Å². The van der Waals surface area contributed by atoms with Crippen molar-refractivity contribution in [1.82, 2.24) is 10.2 Å². The molecule has 1 aliphatic rings. The van der Waals surface area contributed by atoms with Gasteiger partial charge in [0, 0.05) is 17.6 Å². The lowest BCUT2D eigenvalue weighted by atomic mass is 10.0. The molecule has 0 spiro atoms. The minimum absolute atomic E-state index is 0. The Hall–Kier alpha value is -0.840. The number of carbonyl (C=O) groups excluding carboxylic acids is 1. The van der Waals surface area contributed by atoms with E-state index in [-0.39, 0.29) is 29.9 Å². The molecular formula is C15H21Cl2FN2O. The van der Waals surface area contributed by atoms with Crippen LogP contribution in [0.5, 0.6) is 0 Å². The zero-order chi connectivity index (χ0) is 14.5. The zero-order valence-electron chi connectivity index (χ0n) is 12.1. The Labute approximate surface area is 136 Å². The van der Waals surface area contributed by atoms with Crippen molar-refractivity contribution in [2.75, 3.05) is 19.6 Å². The van der Waals surface area contributed by atoms with Crippen LogP contribution in [0.1, 0.15) is 36.5 Å². The molecule has 1 N–H and O–H groups in total. The largest absolute Gasteiger partial charge is 0.335 e. The van der Waals surface area contributed by atoms with E-state index in [4.69, 9.17) is 11.6 Å². The molecule has 3 nitrogen and oxygen atoms in total. The van der Waals surface area contributed by atoms with Crippen LogP contribution in [0.15, 0.2) is 18.2 Å². The van der Waals surface area contributed by atoms with Gasteiger partial charge >= 0.3 is 0 Å². The minimum atomic E-state index is -0.505. The maximum Gasteiger partial charge on any atom is 0.257 e. The Kier molecular flexibility index (Phi) is 7.43. The number of benzene rings is 1. The number of hydrogen-bond donors (Lipinski definition) is 1. The quantitative estimate of drug-likeness (QED) is 0.913. The lowest BCUT2D eigenvalue weighted by Crippen LogP contribution is -2.46. The van der Waals surface area contributed by atoms with Gasteiger partial charge in [-0.1, -0.05) is 18.5 Å². The van der Waals surface area contributed by atoms with Gasteiger partial charge in [0.25, 0.3) is 5.91 Å². The van der Waals surface area contributed by atoms with Crippen molar-refractivity contribution in [3.63, 3.8) is 0 Å². The third kappa shape index (κ3) is 4.56. The number of halogens is 3. The molecule has 1 fully saturated rings. The normalized spacial score (nSPS) is 15.4. The van der Waals surface area contributed by atoms with Crippen molar-refractivity contribution >= 4 is 29.9 Å². The van der Waals surface area contributed by atoms with Crippen molar-refractivity contribution in [2.24, 2.45) is 0 Å². The summed E-state index contributed by atoms with van der Waals surface area (Å²) in [4.78, 5) is 14.4. The number of nitrogens with zero attached hydrogens (tertiary/aromatic N) is 1. The van der Waals surface area contributed by atoms with Crippen molar-refractivity contribution in [3.8, 4) is 0 Å². The molecule has 0 unspecified atom stereocenters. The van der Waals surface area contributed by atoms with Crippen molar-refractivity contribution in [3.05, 3.63) is 34.6 Å². The molecule has 118 valence electrons. The Morgan fingerprint density at radius 2 is 2.10 bits per heavy atom. The van der Waals surface area contributed by atoms with Gasteiger partial charge in [0.15, 0.2) is 0 Å². The summed E-state index contributed by atoms with van der Waals surface area (Å²) < 4.78 is 13.9. The van der Waals surface area contributed by atoms with Gasteiger partial charge in [0.05, 0.1) is 5.56 Å². The number of nitrogens with one attached hydrogen (secondary N) is 1. The van der Waals surface area contributed by atoms with E-state index in [1.165, 1.54) is 18.2 Å². The molecular weight excluding hydrogens is 314 g/mol. The van der Waals surface area contributed by atoms with E-state index >= 15 is 0 Å². The second-order valence-electron chi connectivity index (χ2n) is 5.10. The molecule has 0 atom stereocenters. The summed E-state index contributed by atoms with van der Waals surface area (Å²) in [5.74, 6) is -0.756. The molecule has 21 heavy (non-hydrogen) atoms. The third-order valence-electron chi connectivity index (χ3n) is 3.63. The summed E-state index contributed by atoms with van der Waals surface area (Å²) in [6.45, 7) is 4.47. The van der Waals surface area contributed by atoms with Gasteiger partial charge in [0.2, 0.25) is 0 Å². The van der Waals surface area contributed by atoms with Gasteiger partial charge in [-0.05, 0) is 50.6 Å². The summed E-state index contributed by atoms with van der Waals surface area (Å²) in [6.07, 6.45) is 2.68. The fraction of sp³-hybridized carbons (Fsp3) is 0.533. The molecule has 0 bridgehead atoms. The Morgan fingerprint density at radius 3 is 2.71 bits per heavy atom. The summed E-state index contributed by atoms with van der Waals surface area (Å²) in [5.41, 5.74) is 0.0736. The average Bonchev–Trinajstić information content (AvgIpc) is 2.47. The molecule has 1 heterocycles. The summed E-state index contributed by atoms with van der Waals surface area (Å²) in [6, 6.07) is 4.31. The van der Waals surface area contributed by atoms with Crippen molar-refractivity contribution in [1.29, 1.82) is 0 Å². The smallest absolute Gasteiger partial charge is 0.257 e. The van der Waals surface area contributed by atoms with Crippen LogP contribution in [0.2, 0.25) is 5.02 Å². The molecule has 0 radical (unpaired) electrons. The Balaban J connectivity index is 0.00000220. The highest BCUT2D eigenvalue weighted by atomic mass is 35.5. The second-order valence-corrected chi connectivity index (χ2v) is 5.54. The van der Waals surface area contributed by atoms with Crippen LogP contribution in [-0.4, -0.2) is 36.5 Å². The summed E-state index contributed by atoms with van der Waals surface area (Å²) in [7, 11) is 0. The van der Waals surface area contributed by atoms with Gasteiger partial charge in [-0.2, -0.15) is 0 Å². The van der Waals surface area contributed by atoms with Gasteiger partial charge in [0.1, 0.15) is 5.82 Å². The van der Waals surface area contributed by atoms with E-state index < -0.39 is 5.82 Å². The average molecular weight is 335 g/mol. The summed E-state index contributed by atoms with van der Waals surface area (Å²) >= 11 is 5.88. The van der Waals surface area contributed by atoms with Crippen LogP contribution in [0.4, 0.5) is 4.39 Å². The maximum atomic E-state index is 13.9. The molecule has 1 amide bonds. The molecule has 0 saturated carbocycles. The van der Waals surface area contributed by atoms with Crippen LogP contribution in [0.3, 0.4) is 0 Å². The molecule has 1 aromatic carbocycles. The SMILES string of the molecule is CCCN(C(=O)c1cc(Cl)ccc1F)C1CCNCC1.Cl. The van der Waals surface area contributed by atoms with E-state index in [2.05, 4.69) is 5.32 Å². The molecule has 0 aliphatic carbocycles. The van der Waals surface area contributed by atoms with E-state index in [1.54, 1.807) is 4.90 Å². The highest BCUT2D eigenvalue weighted by Gasteiger charge is 2.27. The Morgan fingerprint density at radius 1 is 1.43 bits per heavy atom. The third-order valence-corrected chi connectivity index (χ3v) is 3.87. The van der Waals surface area contributed by atoms with E-state index in [0.29, 0.717) is 11.6 Å². The van der Waals surface area contributed by atoms with Crippen LogP contribution >= 0.6 is 24.0 Å². The van der Waals surface area contributed by atoms with Gasteiger partial charge in [-0.15, -0.1) is 12.4 Å². The molecule has 1 aliphatic heterocycles. The van der Waals surface area contributed by atoms with Crippen LogP contribution in [0, 0.1) is 5.82 Å². The lowest BCUT2D eigenvalue weighted by molar-refractivity contribution is 0.0638. The van der Waals surface area contributed by atoms with Gasteiger partial charge in [-0.3, -0.25) is 4.79 Å². The number of carbonyl (C=O) groups is 1. The van der Waals surface area contributed by atoms with Gasteiger partial charge < -0.3 is 10.2 Å². The van der Waals surface area contributed by atoms with E-state index in [1.807, 2.05) is 6.92 Å². The highest BCUT2D eigenvalue weighted by molar-refractivity contribution is 6.31. The monoisotopic (exact) mass is 334 g/mol. The molecule has 1 saturated heterocycles. The second kappa shape index (κ2) is 8.57. The first-order valence-corrected chi connectivity index (χ1v) is 7.48. The first-order chi connectivity index (χ1) is 9.63. The molecule has 0 aromatic heterocycles. The molecule has 1 aromatic rings. The van der Waals surface area contributed by atoms with E-state index in [9.17, 15) is 9.18 Å². The molecule has 6 heteroatoms. The number of hydrogen-bond acceptors (Lipinski definition) is 2. The predicted octanol–water partition coefficient (Wildman–Crippen LogP) is 3.51. The predicted molar refractivity (Wildman–Crippen MR) is 85.9 cm³/mol. The van der Waals surface area contributed by atoms with Crippen molar-refractivity contribution in [2.45, 2.75) is 32.2 Å². The fourth-order valence-corrected chi connectivity index (χ4v) is 2.80. The molecule has 2 rings (SSSR count). The van der Waals surface area contributed by atoms with Crippen LogP contribution in [-0.2, 0) is 0 Å². The highest BCUT2D eigenvalue weighted by Crippen LogP contribution is 2.20. The van der Waals surface area contributed by atoms with Crippen molar-refractivity contribution < 1.29 is 9.18 Å². The summed E-state index contributed by atoms with van der Waals surface area (Å²) in [5, 5.41) is 3.66. The Bertz CT molecular complexity index is 479. The number of piperidine rings is 1. The lowest BCUT2D eigenvalue weighted by Gasteiger charge is -2.34. The fourth-order valence-electron chi connectivity index (χ4n) is 2.63. The maximum absolute atomic E-state index is 13.9. The number of amides is 1.